The molecule has 7 heteroatoms. The van der Waals surface area contributed by atoms with Crippen molar-refractivity contribution in [2.75, 3.05) is 37.7 Å². The van der Waals surface area contributed by atoms with E-state index in [1.54, 1.807) is 18.3 Å². The first kappa shape index (κ1) is 25.5. The summed E-state index contributed by atoms with van der Waals surface area (Å²) in [5, 5.41) is 0. The lowest BCUT2D eigenvalue weighted by Gasteiger charge is -2.36. The Kier molecular flexibility index (Phi) is 8.79. The molecular formula is C29H35N3O4. The van der Waals surface area contributed by atoms with Crippen LogP contribution < -0.4 is 14.4 Å². The summed E-state index contributed by atoms with van der Waals surface area (Å²) in [6, 6.07) is 19.9. The predicted octanol–water partition coefficient (Wildman–Crippen LogP) is 4.95. The number of hydrogen-bond donors (Lipinski definition) is 0. The molecule has 2 heterocycles. The van der Waals surface area contributed by atoms with Crippen LogP contribution in [0.2, 0.25) is 0 Å². The van der Waals surface area contributed by atoms with Crippen molar-refractivity contribution in [1.82, 2.24) is 9.88 Å². The molecule has 7 nitrogen and oxygen atoms in total. The van der Waals surface area contributed by atoms with E-state index in [0.717, 1.165) is 49.8 Å². The normalized spacial score (nSPS) is 14.1. The van der Waals surface area contributed by atoms with Gasteiger partial charge in [-0.25, -0.2) is 9.78 Å². The minimum Gasteiger partial charge on any atom is -0.490 e. The molecule has 190 valence electrons. The molecule has 0 saturated carbocycles. The Morgan fingerprint density at radius 1 is 0.917 bits per heavy atom. The molecule has 0 radical (unpaired) electrons. The Morgan fingerprint density at radius 3 is 2.42 bits per heavy atom. The van der Waals surface area contributed by atoms with Gasteiger partial charge in [-0.05, 0) is 56.2 Å². The number of anilines is 1. The third-order valence-corrected chi connectivity index (χ3v) is 5.97. The predicted molar refractivity (Wildman–Crippen MR) is 141 cm³/mol. The van der Waals surface area contributed by atoms with E-state index in [1.807, 2.05) is 45.0 Å². The van der Waals surface area contributed by atoms with E-state index in [-0.39, 0.29) is 12.1 Å². The molecule has 0 aliphatic carbocycles. The van der Waals surface area contributed by atoms with Gasteiger partial charge in [-0.3, -0.25) is 4.90 Å². The zero-order valence-corrected chi connectivity index (χ0v) is 21.4. The summed E-state index contributed by atoms with van der Waals surface area (Å²) in [5.74, 6) is 1.89. The Labute approximate surface area is 213 Å². The van der Waals surface area contributed by atoms with Gasteiger partial charge in [0.2, 0.25) is 0 Å². The quantitative estimate of drug-likeness (QED) is 0.374. The zero-order valence-electron chi connectivity index (χ0n) is 21.4. The number of nitrogens with zero attached hydrogens (tertiary/aromatic N) is 3. The smallest absolute Gasteiger partial charge is 0.342 e. The van der Waals surface area contributed by atoms with E-state index < -0.39 is 0 Å². The number of piperazine rings is 1. The summed E-state index contributed by atoms with van der Waals surface area (Å²) in [6.45, 7) is 10.9. The van der Waals surface area contributed by atoms with E-state index in [2.05, 4.69) is 39.0 Å². The molecule has 0 atom stereocenters. The van der Waals surface area contributed by atoms with Gasteiger partial charge in [0, 0.05) is 38.9 Å². The molecule has 2 aromatic carbocycles. The number of ether oxygens (including phenoxy) is 3. The third kappa shape index (κ3) is 6.76. The number of hydrogen-bond acceptors (Lipinski definition) is 7. The molecule has 1 aromatic heterocycles. The van der Waals surface area contributed by atoms with Gasteiger partial charge in [0.25, 0.3) is 0 Å². The van der Waals surface area contributed by atoms with Crippen LogP contribution in [0.1, 0.15) is 42.3 Å². The maximum Gasteiger partial charge on any atom is 0.342 e. The van der Waals surface area contributed by atoms with Crippen LogP contribution in [-0.4, -0.2) is 54.7 Å². The van der Waals surface area contributed by atoms with E-state index in [9.17, 15) is 4.79 Å². The first-order valence-electron chi connectivity index (χ1n) is 12.6. The number of carbonyl (C=O) groups is 1. The van der Waals surface area contributed by atoms with Crippen molar-refractivity contribution in [3.05, 3.63) is 83.6 Å². The van der Waals surface area contributed by atoms with Crippen molar-refractivity contribution < 1.29 is 19.0 Å². The standard InChI is InChI=1S/C29H35N3O4/c1-4-34-27-19-24(12-13-26(27)35-21-23-9-6-5-7-10-23)20-31-15-17-32(18-16-31)28-25(11-8-14-30-28)29(33)36-22(2)3/h5-14,19,22H,4,15-18,20-21H2,1-3H3. The monoisotopic (exact) mass is 489 g/mol. The third-order valence-electron chi connectivity index (χ3n) is 5.97. The molecule has 0 spiro atoms. The van der Waals surface area contributed by atoms with Crippen LogP contribution in [0.3, 0.4) is 0 Å². The second-order valence-electron chi connectivity index (χ2n) is 9.08. The minimum atomic E-state index is -0.325. The highest BCUT2D eigenvalue weighted by Gasteiger charge is 2.24. The van der Waals surface area contributed by atoms with Crippen LogP contribution in [-0.2, 0) is 17.9 Å². The highest BCUT2D eigenvalue weighted by molar-refractivity contribution is 5.94. The highest BCUT2D eigenvalue weighted by Crippen LogP contribution is 2.30. The lowest BCUT2D eigenvalue weighted by molar-refractivity contribution is 0.0378. The fraction of sp³-hybridized carbons (Fsp3) is 0.379. The first-order chi connectivity index (χ1) is 17.5. The van der Waals surface area contributed by atoms with Gasteiger partial charge in [-0.15, -0.1) is 0 Å². The molecule has 1 aliphatic rings. The summed E-state index contributed by atoms with van der Waals surface area (Å²) in [5.41, 5.74) is 2.82. The first-order valence-corrected chi connectivity index (χ1v) is 12.6. The number of carbonyl (C=O) groups excluding carboxylic acids is 1. The molecular weight excluding hydrogens is 454 g/mol. The van der Waals surface area contributed by atoms with Crippen molar-refractivity contribution in [3.8, 4) is 11.5 Å². The summed E-state index contributed by atoms with van der Waals surface area (Å²) < 4.78 is 17.4. The molecule has 1 fully saturated rings. The highest BCUT2D eigenvalue weighted by atomic mass is 16.5. The van der Waals surface area contributed by atoms with Crippen molar-refractivity contribution in [1.29, 1.82) is 0 Å². The van der Waals surface area contributed by atoms with Crippen LogP contribution >= 0.6 is 0 Å². The minimum absolute atomic E-state index is 0.167. The fourth-order valence-electron chi connectivity index (χ4n) is 4.24. The van der Waals surface area contributed by atoms with E-state index in [4.69, 9.17) is 14.2 Å². The van der Waals surface area contributed by atoms with E-state index >= 15 is 0 Å². The van der Waals surface area contributed by atoms with Gasteiger partial charge in [0.15, 0.2) is 11.5 Å². The van der Waals surface area contributed by atoms with Crippen LogP contribution in [0.25, 0.3) is 0 Å². The molecule has 0 bridgehead atoms. The number of benzene rings is 2. The Hall–Kier alpha value is -3.58. The zero-order chi connectivity index (χ0) is 25.3. The molecule has 0 amide bonds. The number of esters is 1. The molecule has 0 N–H and O–H groups in total. The SMILES string of the molecule is CCOc1cc(CN2CCN(c3ncccc3C(=O)OC(C)C)CC2)ccc1OCc1ccccc1. The second kappa shape index (κ2) is 12.4. The lowest BCUT2D eigenvalue weighted by Crippen LogP contribution is -2.46. The maximum absolute atomic E-state index is 12.5. The summed E-state index contributed by atoms with van der Waals surface area (Å²) in [7, 11) is 0. The van der Waals surface area contributed by atoms with Gasteiger partial charge in [0.05, 0.1) is 12.7 Å². The number of rotatable bonds is 10. The Balaban J connectivity index is 1.36. The van der Waals surface area contributed by atoms with Crippen LogP contribution in [0, 0.1) is 0 Å². The summed E-state index contributed by atoms with van der Waals surface area (Å²) in [4.78, 5) is 21.6. The molecule has 1 aliphatic heterocycles. The van der Waals surface area contributed by atoms with Crippen molar-refractivity contribution in [2.45, 2.75) is 40.0 Å². The molecule has 36 heavy (non-hydrogen) atoms. The average Bonchev–Trinajstić information content (AvgIpc) is 2.89. The van der Waals surface area contributed by atoms with Gasteiger partial charge in [-0.1, -0.05) is 36.4 Å². The van der Waals surface area contributed by atoms with Crippen LogP contribution in [0.4, 0.5) is 5.82 Å². The van der Waals surface area contributed by atoms with E-state index in [1.165, 1.54) is 5.56 Å². The van der Waals surface area contributed by atoms with Gasteiger partial charge in [-0.2, -0.15) is 0 Å². The van der Waals surface area contributed by atoms with Gasteiger partial charge < -0.3 is 19.1 Å². The molecule has 1 saturated heterocycles. The lowest BCUT2D eigenvalue weighted by atomic mass is 10.1. The summed E-state index contributed by atoms with van der Waals surface area (Å²) >= 11 is 0. The fourth-order valence-corrected chi connectivity index (χ4v) is 4.24. The second-order valence-corrected chi connectivity index (χ2v) is 9.08. The van der Waals surface area contributed by atoms with Crippen molar-refractivity contribution in [2.24, 2.45) is 0 Å². The van der Waals surface area contributed by atoms with Crippen molar-refractivity contribution in [3.63, 3.8) is 0 Å². The van der Waals surface area contributed by atoms with Gasteiger partial charge in [0.1, 0.15) is 18.0 Å². The number of aromatic nitrogens is 1. The topological polar surface area (TPSA) is 64.1 Å². The number of pyridine rings is 1. The molecule has 4 rings (SSSR count). The van der Waals surface area contributed by atoms with E-state index in [0.29, 0.717) is 24.6 Å². The van der Waals surface area contributed by atoms with Crippen molar-refractivity contribution >= 4 is 11.8 Å². The van der Waals surface area contributed by atoms with Crippen LogP contribution in [0.15, 0.2) is 66.9 Å². The average molecular weight is 490 g/mol. The largest absolute Gasteiger partial charge is 0.490 e. The van der Waals surface area contributed by atoms with Gasteiger partial charge >= 0.3 is 5.97 Å². The maximum atomic E-state index is 12.5. The molecule has 3 aromatic rings. The summed E-state index contributed by atoms with van der Waals surface area (Å²) in [6.07, 6.45) is 1.56. The Bertz CT molecular complexity index is 1130. The Morgan fingerprint density at radius 2 is 1.69 bits per heavy atom. The van der Waals surface area contributed by atoms with Crippen LogP contribution in [0.5, 0.6) is 11.5 Å². The molecule has 0 unspecified atom stereocenters.